The van der Waals surface area contributed by atoms with Gasteiger partial charge >= 0.3 is 5.97 Å². The Hall–Kier alpha value is -4.39. The molecule has 0 bridgehead atoms. The van der Waals surface area contributed by atoms with Gasteiger partial charge in [-0.05, 0) is 61.4 Å². The number of hydrogen-bond acceptors (Lipinski definition) is 6. The van der Waals surface area contributed by atoms with E-state index in [-0.39, 0.29) is 24.5 Å². The Kier molecular flexibility index (Phi) is 7.49. The second-order valence-corrected chi connectivity index (χ2v) is 8.21. The van der Waals surface area contributed by atoms with Crippen molar-refractivity contribution < 1.29 is 29.0 Å². The molecule has 0 aromatic heterocycles. The Morgan fingerprint density at radius 2 is 1.50 bits per heavy atom. The molecule has 7 heteroatoms. The fraction of sp³-hybridized carbons (Fsp3) is 0.207. The monoisotopic (exact) mass is 485 g/mol. The van der Waals surface area contributed by atoms with Crippen LogP contribution in [0.3, 0.4) is 0 Å². The van der Waals surface area contributed by atoms with Crippen molar-refractivity contribution in [1.29, 1.82) is 0 Å². The number of amides is 1. The van der Waals surface area contributed by atoms with E-state index in [0.29, 0.717) is 29.0 Å². The summed E-state index contributed by atoms with van der Waals surface area (Å²) in [5.41, 5.74) is 2.27. The lowest BCUT2D eigenvalue weighted by atomic mass is 9.95. The number of Topliss-reactive ketones (excluding diaryl/α,β-unsaturated/α-hetero) is 1. The summed E-state index contributed by atoms with van der Waals surface area (Å²) < 4.78 is 10.5. The van der Waals surface area contributed by atoms with E-state index in [1.165, 1.54) is 4.90 Å². The number of aliphatic hydroxyl groups is 1. The number of hydrogen-bond donors (Lipinski definition) is 1. The van der Waals surface area contributed by atoms with E-state index >= 15 is 0 Å². The molecule has 1 aliphatic rings. The van der Waals surface area contributed by atoms with Crippen LogP contribution in [-0.2, 0) is 20.9 Å². The molecule has 0 saturated carbocycles. The second-order valence-electron chi connectivity index (χ2n) is 8.21. The quantitative estimate of drug-likeness (QED) is 0.212. The molecule has 1 atom stereocenters. The fourth-order valence-electron chi connectivity index (χ4n) is 4.21. The van der Waals surface area contributed by atoms with Crippen LogP contribution in [0.5, 0.6) is 5.75 Å². The molecule has 1 saturated heterocycles. The first-order valence-corrected chi connectivity index (χ1v) is 11.8. The number of ether oxygens (including phenoxy) is 2. The maximum Gasteiger partial charge on any atom is 0.338 e. The van der Waals surface area contributed by atoms with Crippen LogP contribution in [0.25, 0.3) is 5.76 Å². The summed E-state index contributed by atoms with van der Waals surface area (Å²) in [5, 5.41) is 11.2. The van der Waals surface area contributed by atoms with Gasteiger partial charge in [-0.2, -0.15) is 0 Å². The van der Waals surface area contributed by atoms with Gasteiger partial charge < -0.3 is 19.5 Å². The first-order valence-electron chi connectivity index (χ1n) is 11.8. The first kappa shape index (κ1) is 24.7. The molecule has 1 aliphatic heterocycles. The van der Waals surface area contributed by atoms with Crippen molar-refractivity contribution in [2.24, 2.45) is 0 Å². The minimum atomic E-state index is -0.775. The van der Waals surface area contributed by atoms with Crippen molar-refractivity contribution in [3.05, 3.63) is 107 Å². The van der Waals surface area contributed by atoms with Crippen LogP contribution in [0.1, 0.15) is 46.9 Å². The third-order valence-corrected chi connectivity index (χ3v) is 5.91. The molecule has 3 aromatic rings. The maximum atomic E-state index is 13.2. The lowest BCUT2D eigenvalue weighted by Crippen LogP contribution is -2.29. The Bertz CT molecular complexity index is 1280. The minimum absolute atomic E-state index is 0.0264. The van der Waals surface area contributed by atoms with Gasteiger partial charge in [0.15, 0.2) is 0 Å². The standard InChI is InChI=1S/C29H27NO6/c1-3-35-23-16-14-21(15-17-23)26(31)24-25(20-8-6-5-7-9-20)30(28(33)27(24)32)18-19-10-12-22(13-11-19)29(34)36-4-2/h5-17,25,31H,3-4,18H2,1-2H3/b26-24+. The van der Waals surface area contributed by atoms with Gasteiger partial charge in [0.25, 0.3) is 11.7 Å². The van der Waals surface area contributed by atoms with Gasteiger partial charge in [-0.3, -0.25) is 9.59 Å². The molecule has 184 valence electrons. The lowest BCUT2D eigenvalue weighted by Gasteiger charge is -2.25. The molecular weight excluding hydrogens is 458 g/mol. The molecule has 7 nitrogen and oxygen atoms in total. The molecule has 0 aliphatic carbocycles. The van der Waals surface area contributed by atoms with Crippen molar-refractivity contribution in [3.63, 3.8) is 0 Å². The Balaban J connectivity index is 1.72. The number of carbonyl (C=O) groups is 3. The van der Waals surface area contributed by atoms with Crippen molar-refractivity contribution in [3.8, 4) is 5.75 Å². The topological polar surface area (TPSA) is 93.1 Å². The summed E-state index contributed by atoms with van der Waals surface area (Å²) in [6.45, 7) is 4.51. The summed E-state index contributed by atoms with van der Waals surface area (Å²) in [6.07, 6.45) is 0. The smallest absolute Gasteiger partial charge is 0.338 e. The Labute approximate surface area is 209 Å². The van der Waals surface area contributed by atoms with E-state index in [9.17, 15) is 19.5 Å². The number of esters is 1. The van der Waals surface area contributed by atoms with E-state index < -0.39 is 23.7 Å². The fourth-order valence-corrected chi connectivity index (χ4v) is 4.21. The molecule has 1 fully saturated rings. The van der Waals surface area contributed by atoms with Crippen molar-refractivity contribution in [1.82, 2.24) is 4.90 Å². The number of likely N-dealkylation sites (tertiary alicyclic amines) is 1. The van der Waals surface area contributed by atoms with Crippen molar-refractivity contribution in [2.45, 2.75) is 26.4 Å². The third-order valence-electron chi connectivity index (χ3n) is 5.91. The molecule has 3 aromatic carbocycles. The predicted molar refractivity (Wildman–Crippen MR) is 134 cm³/mol. The number of benzene rings is 3. The minimum Gasteiger partial charge on any atom is -0.507 e. The van der Waals surface area contributed by atoms with Gasteiger partial charge in [0.05, 0.1) is 30.4 Å². The van der Waals surface area contributed by atoms with E-state index in [0.717, 1.165) is 5.56 Å². The predicted octanol–water partition coefficient (Wildman–Crippen LogP) is 4.88. The highest BCUT2D eigenvalue weighted by Crippen LogP contribution is 2.40. The Morgan fingerprint density at radius 3 is 2.11 bits per heavy atom. The second kappa shape index (κ2) is 10.9. The molecule has 0 spiro atoms. The van der Waals surface area contributed by atoms with Crippen LogP contribution in [0.15, 0.2) is 84.4 Å². The zero-order valence-electron chi connectivity index (χ0n) is 20.1. The number of ketones is 1. The molecule has 4 rings (SSSR count). The Morgan fingerprint density at radius 1 is 0.861 bits per heavy atom. The number of rotatable bonds is 8. The largest absolute Gasteiger partial charge is 0.507 e. The van der Waals surface area contributed by atoms with Crippen LogP contribution in [0.4, 0.5) is 0 Å². The molecule has 1 N–H and O–H groups in total. The zero-order valence-corrected chi connectivity index (χ0v) is 20.1. The van der Waals surface area contributed by atoms with E-state index in [4.69, 9.17) is 9.47 Å². The van der Waals surface area contributed by atoms with Crippen molar-refractivity contribution in [2.75, 3.05) is 13.2 Å². The lowest BCUT2D eigenvalue weighted by molar-refractivity contribution is -0.140. The van der Waals surface area contributed by atoms with Gasteiger partial charge in [-0.1, -0.05) is 42.5 Å². The molecule has 1 heterocycles. The summed E-state index contributed by atoms with van der Waals surface area (Å²) >= 11 is 0. The SMILES string of the molecule is CCOC(=O)c1ccc(CN2C(=O)C(=O)/C(=C(/O)c3ccc(OCC)cc3)C2c2ccccc2)cc1. The molecule has 36 heavy (non-hydrogen) atoms. The average molecular weight is 486 g/mol. The van der Waals surface area contributed by atoms with Crippen molar-refractivity contribution >= 4 is 23.4 Å². The van der Waals surface area contributed by atoms with E-state index in [1.54, 1.807) is 55.5 Å². The first-order chi connectivity index (χ1) is 17.4. The van der Waals surface area contributed by atoms with Gasteiger partial charge in [0.2, 0.25) is 0 Å². The van der Waals surface area contributed by atoms with Crippen LogP contribution in [0.2, 0.25) is 0 Å². The highest BCUT2D eigenvalue weighted by atomic mass is 16.5. The summed E-state index contributed by atoms with van der Waals surface area (Å²) in [5.74, 6) is -1.49. The molecular formula is C29H27NO6. The molecule has 1 unspecified atom stereocenters. The van der Waals surface area contributed by atoms with Crippen LogP contribution in [-0.4, -0.2) is 40.9 Å². The van der Waals surface area contributed by atoms with E-state index in [2.05, 4.69) is 0 Å². The highest BCUT2D eigenvalue weighted by molar-refractivity contribution is 6.46. The van der Waals surface area contributed by atoms with Gasteiger partial charge in [0.1, 0.15) is 11.5 Å². The van der Waals surface area contributed by atoms with Gasteiger partial charge in [-0.15, -0.1) is 0 Å². The molecule has 1 amide bonds. The summed E-state index contributed by atoms with van der Waals surface area (Å²) in [4.78, 5) is 39.8. The summed E-state index contributed by atoms with van der Waals surface area (Å²) in [6, 6.07) is 21.8. The van der Waals surface area contributed by atoms with Crippen LogP contribution < -0.4 is 4.74 Å². The number of nitrogens with zero attached hydrogens (tertiary/aromatic N) is 1. The zero-order chi connectivity index (χ0) is 25.7. The van der Waals surface area contributed by atoms with E-state index in [1.807, 2.05) is 37.3 Å². The number of aliphatic hydroxyl groups excluding tert-OH is 1. The van der Waals surface area contributed by atoms with Crippen LogP contribution in [0, 0.1) is 0 Å². The van der Waals surface area contributed by atoms with Gasteiger partial charge in [-0.25, -0.2) is 4.79 Å². The van der Waals surface area contributed by atoms with Gasteiger partial charge in [0, 0.05) is 12.1 Å². The third kappa shape index (κ3) is 5.00. The van der Waals surface area contributed by atoms with Crippen LogP contribution >= 0.6 is 0 Å². The highest BCUT2D eigenvalue weighted by Gasteiger charge is 2.46. The average Bonchev–Trinajstić information content (AvgIpc) is 3.15. The number of carbonyl (C=O) groups excluding carboxylic acids is 3. The molecule has 0 radical (unpaired) electrons. The summed E-state index contributed by atoms with van der Waals surface area (Å²) in [7, 11) is 0. The normalized spacial score (nSPS) is 16.7. The maximum absolute atomic E-state index is 13.2.